The summed E-state index contributed by atoms with van der Waals surface area (Å²) in [6, 6.07) is 4.80. The van der Waals surface area contributed by atoms with Crippen LogP contribution in [0, 0.1) is 5.82 Å². The standard InChI is InChI=1S/C11H5ClFN3OS.C6H7NO2S.CH4/c12-9-7(13)5(1-3-14-9)10-15-6-2-4-18-8(6)11(17)16-10;1-9-6(8)5-4(7)2-3-10-5;/h1-4H,(H,15,16,17);2-3H,7H2,1H3;1H4. The van der Waals surface area contributed by atoms with E-state index in [1.165, 1.54) is 42.0 Å². The second-order valence-electron chi connectivity index (χ2n) is 5.21. The maximum Gasteiger partial charge on any atom is 0.350 e. The van der Waals surface area contributed by atoms with E-state index in [0.717, 1.165) is 0 Å². The lowest BCUT2D eigenvalue weighted by molar-refractivity contribution is 0.0607. The van der Waals surface area contributed by atoms with E-state index >= 15 is 0 Å². The van der Waals surface area contributed by atoms with Gasteiger partial charge in [-0.15, -0.1) is 22.7 Å². The molecule has 3 N–H and O–H groups in total. The van der Waals surface area contributed by atoms with Crippen molar-refractivity contribution in [3.8, 4) is 11.4 Å². The molecule has 0 aliphatic rings. The van der Waals surface area contributed by atoms with E-state index in [9.17, 15) is 14.0 Å². The smallest absolute Gasteiger partial charge is 0.350 e. The van der Waals surface area contributed by atoms with Gasteiger partial charge in [0.15, 0.2) is 11.0 Å². The van der Waals surface area contributed by atoms with Crippen molar-refractivity contribution in [2.24, 2.45) is 0 Å². The van der Waals surface area contributed by atoms with Gasteiger partial charge in [0.1, 0.15) is 15.4 Å². The Kier molecular flexibility index (Phi) is 7.43. The van der Waals surface area contributed by atoms with Gasteiger partial charge < -0.3 is 15.5 Å². The van der Waals surface area contributed by atoms with Crippen LogP contribution in [0.2, 0.25) is 5.15 Å². The second kappa shape index (κ2) is 9.59. The Morgan fingerprint density at radius 3 is 2.66 bits per heavy atom. The zero-order valence-electron chi connectivity index (χ0n) is 14.2. The molecule has 0 radical (unpaired) electrons. The van der Waals surface area contributed by atoms with Crippen LogP contribution in [0.4, 0.5) is 10.1 Å². The number of hydrogen-bond donors (Lipinski definition) is 2. The number of nitrogens with zero attached hydrogens (tertiary/aromatic N) is 2. The quantitative estimate of drug-likeness (QED) is 0.338. The lowest BCUT2D eigenvalue weighted by atomic mass is 10.2. The summed E-state index contributed by atoms with van der Waals surface area (Å²) in [4.78, 5) is 33.4. The molecule has 4 aromatic heterocycles. The number of thiophene rings is 2. The van der Waals surface area contributed by atoms with E-state index in [0.29, 0.717) is 20.8 Å². The largest absolute Gasteiger partial charge is 0.465 e. The van der Waals surface area contributed by atoms with Gasteiger partial charge in [0, 0.05) is 6.20 Å². The van der Waals surface area contributed by atoms with Gasteiger partial charge in [0.25, 0.3) is 5.56 Å². The predicted molar refractivity (Wildman–Crippen MR) is 115 cm³/mol. The zero-order chi connectivity index (χ0) is 20.3. The molecule has 4 aromatic rings. The van der Waals surface area contributed by atoms with Crippen LogP contribution in [0.25, 0.3) is 21.6 Å². The number of H-pyrrole nitrogens is 1. The number of halogens is 2. The third-order valence-corrected chi connectivity index (χ3v) is 5.56. The normalized spacial score (nSPS) is 10.0. The summed E-state index contributed by atoms with van der Waals surface area (Å²) in [5.74, 6) is -0.919. The first-order valence-corrected chi connectivity index (χ1v) is 9.75. The number of fused-ring (bicyclic) bond motifs is 1. The molecule has 7 nitrogen and oxygen atoms in total. The Bertz CT molecular complexity index is 1210. The van der Waals surface area contributed by atoms with E-state index in [-0.39, 0.29) is 35.5 Å². The first kappa shape index (κ1) is 22.5. The van der Waals surface area contributed by atoms with Crippen molar-refractivity contribution in [1.82, 2.24) is 15.0 Å². The van der Waals surface area contributed by atoms with E-state index in [2.05, 4.69) is 19.7 Å². The van der Waals surface area contributed by atoms with E-state index < -0.39 is 5.82 Å². The van der Waals surface area contributed by atoms with Crippen molar-refractivity contribution >= 4 is 56.1 Å². The summed E-state index contributed by atoms with van der Waals surface area (Å²) in [6.45, 7) is 0. The molecule has 11 heteroatoms. The molecule has 0 bridgehead atoms. The minimum atomic E-state index is -0.697. The maximum atomic E-state index is 13.8. The minimum Gasteiger partial charge on any atom is -0.465 e. The summed E-state index contributed by atoms with van der Waals surface area (Å²) >= 11 is 8.17. The highest BCUT2D eigenvalue weighted by atomic mass is 35.5. The third-order valence-electron chi connectivity index (χ3n) is 3.48. The number of aromatic nitrogens is 3. The molecule has 4 rings (SSSR count). The number of rotatable bonds is 2. The van der Waals surface area contributed by atoms with Crippen molar-refractivity contribution in [3.63, 3.8) is 0 Å². The molecule has 0 saturated carbocycles. The molecule has 0 fully saturated rings. The molecular weight excluding hydrogens is 439 g/mol. The average molecular weight is 455 g/mol. The van der Waals surface area contributed by atoms with Crippen LogP contribution in [-0.2, 0) is 4.74 Å². The molecule has 4 heterocycles. The third kappa shape index (κ3) is 4.78. The molecule has 29 heavy (non-hydrogen) atoms. The van der Waals surface area contributed by atoms with Gasteiger partial charge in [0.05, 0.1) is 23.9 Å². The Hall–Kier alpha value is -2.82. The van der Waals surface area contributed by atoms with Gasteiger partial charge in [-0.2, -0.15) is 0 Å². The fraction of sp³-hybridized carbons (Fsp3) is 0.111. The number of pyridine rings is 1. The number of anilines is 1. The minimum absolute atomic E-state index is 0. The Morgan fingerprint density at radius 2 is 2.00 bits per heavy atom. The molecule has 0 aromatic carbocycles. The predicted octanol–water partition coefficient (Wildman–Crippen LogP) is 4.59. The zero-order valence-corrected chi connectivity index (χ0v) is 16.6. The topological polar surface area (TPSA) is 111 Å². The van der Waals surface area contributed by atoms with Crippen LogP contribution in [-0.4, -0.2) is 28.0 Å². The maximum absolute atomic E-state index is 13.8. The molecule has 0 atom stereocenters. The molecule has 152 valence electrons. The molecule has 0 spiro atoms. The van der Waals surface area contributed by atoms with Crippen molar-refractivity contribution in [2.45, 2.75) is 7.43 Å². The van der Waals surface area contributed by atoms with Gasteiger partial charge >= 0.3 is 5.97 Å². The fourth-order valence-electron chi connectivity index (χ4n) is 2.18. The fourth-order valence-corrected chi connectivity index (χ4v) is 3.80. The van der Waals surface area contributed by atoms with Crippen molar-refractivity contribution < 1.29 is 13.9 Å². The number of nitrogens with one attached hydrogen (secondary N) is 1. The molecule has 0 amide bonds. The summed E-state index contributed by atoms with van der Waals surface area (Å²) in [6.07, 6.45) is 1.36. The lowest BCUT2D eigenvalue weighted by Crippen LogP contribution is -2.08. The average Bonchev–Trinajstić information content (AvgIpc) is 3.33. The van der Waals surface area contributed by atoms with Crippen LogP contribution in [0.5, 0.6) is 0 Å². The molecular formula is C18H16ClFN4O3S2. The number of carbonyl (C=O) groups is 1. The van der Waals surface area contributed by atoms with E-state index in [4.69, 9.17) is 17.3 Å². The van der Waals surface area contributed by atoms with Crippen molar-refractivity contribution in [3.05, 3.63) is 61.4 Å². The Balaban J connectivity index is 0.000000234. The summed E-state index contributed by atoms with van der Waals surface area (Å²) in [7, 11) is 1.33. The van der Waals surface area contributed by atoms with Crippen LogP contribution < -0.4 is 11.3 Å². The van der Waals surface area contributed by atoms with Gasteiger partial charge in [-0.3, -0.25) is 4.79 Å². The van der Waals surface area contributed by atoms with Crippen LogP contribution in [0.15, 0.2) is 40.0 Å². The number of nitrogen functional groups attached to an aromatic ring is 1. The van der Waals surface area contributed by atoms with Gasteiger partial charge in [-0.05, 0) is 29.0 Å². The second-order valence-corrected chi connectivity index (χ2v) is 7.40. The SMILES string of the molecule is C.COC(=O)c1sccc1N.O=c1[nH]c(-c2ccnc(Cl)c2F)nc2ccsc12. The highest BCUT2D eigenvalue weighted by Gasteiger charge is 2.13. The summed E-state index contributed by atoms with van der Waals surface area (Å²) in [5.41, 5.74) is 6.27. The Labute approximate surface area is 178 Å². The highest BCUT2D eigenvalue weighted by Crippen LogP contribution is 2.24. The van der Waals surface area contributed by atoms with Crippen LogP contribution >= 0.6 is 34.3 Å². The summed E-state index contributed by atoms with van der Waals surface area (Å²) < 4.78 is 18.8. The Morgan fingerprint density at radius 1 is 1.28 bits per heavy atom. The molecule has 0 aliphatic carbocycles. The van der Waals surface area contributed by atoms with Gasteiger partial charge in [-0.25, -0.2) is 19.2 Å². The number of aromatic amines is 1. The first-order chi connectivity index (χ1) is 13.4. The number of methoxy groups -OCH3 is 1. The number of nitrogens with two attached hydrogens (primary N) is 1. The monoisotopic (exact) mass is 454 g/mol. The van der Waals surface area contributed by atoms with Crippen molar-refractivity contribution in [2.75, 3.05) is 12.8 Å². The van der Waals surface area contributed by atoms with Gasteiger partial charge in [-0.1, -0.05) is 19.0 Å². The van der Waals surface area contributed by atoms with Crippen LogP contribution in [0.3, 0.4) is 0 Å². The first-order valence-electron chi connectivity index (χ1n) is 7.61. The highest BCUT2D eigenvalue weighted by molar-refractivity contribution is 7.17. The number of esters is 1. The van der Waals surface area contributed by atoms with Crippen LogP contribution in [0.1, 0.15) is 17.1 Å². The van der Waals surface area contributed by atoms with E-state index in [1.54, 1.807) is 22.9 Å². The lowest BCUT2D eigenvalue weighted by Gasteiger charge is -2.03. The number of carbonyl (C=O) groups excluding carboxylic acids is 1. The van der Waals surface area contributed by atoms with Gasteiger partial charge in [0.2, 0.25) is 0 Å². The molecule has 0 unspecified atom stereocenters. The molecule has 0 saturated heterocycles. The molecule has 0 aliphatic heterocycles. The number of ether oxygens (including phenoxy) is 1. The number of hydrogen-bond acceptors (Lipinski definition) is 8. The van der Waals surface area contributed by atoms with Crippen molar-refractivity contribution in [1.29, 1.82) is 0 Å². The van der Waals surface area contributed by atoms with E-state index in [1.807, 2.05) is 0 Å². The summed E-state index contributed by atoms with van der Waals surface area (Å²) in [5, 5.41) is 3.26.